The monoisotopic (exact) mass is 402 g/mol. The summed E-state index contributed by atoms with van der Waals surface area (Å²) >= 11 is 0. The maximum atomic E-state index is 12.1. The molecule has 1 aliphatic rings. The van der Waals surface area contributed by atoms with Gasteiger partial charge in [-0.1, -0.05) is 24.3 Å². The van der Waals surface area contributed by atoms with Gasteiger partial charge in [0.25, 0.3) is 0 Å². The summed E-state index contributed by atoms with van der Waals surface area (Å²) in [6.45, 7) is 4.20. The van der Waals surface area contributed by atoms with E-state index in [1.54, 1.807) is 12.2 Å². The fourth-order valence-corrected chi connectivity index (χ4v) is 3.84. The van der Waals surface area contributed by atoms with Crippen LogP contribution in [0.2, 0.25) is 0 Å². The number of carbonyl (C=O) groups excluding carboxylic acids is 2. The van der Waals surface area contributed by atoms with Crippen molar-refractivity contribution in [3.8, 4) is 0 Å². The van der Waals surface area contributed by atoms with Crippen molar-refractivity contribution >= 4 is 34.6 Å². The topological polar surface area (TPSA) is 67.2 Å². The van der Waals surface area contributed by atoms with Gasteiger partial charge in [0.15, 0.2) is 0 Å². The number of nitrogens with zero attached hydrogens (tertiary/aromatic N) is 3. The minimum absolute atomic E-state index is 0.110. The van der Waals surface area contributed by atoms with Crippen LogP contribution in [0.5, 0.6) is 0 Å². The fraction of sp³-hybridized carbons (Fsp3) is 0.292. The van der Waals surface area contributed by atoms with Crippen molar-refractivity contribution in [3.05, 3.63) is 66.0 Å². The third-order valence-corrected chi connectivity index (χ3v) is 5.41. The van der Waals surface area contributed by atoms with Crippen molar-refractivity contribution in [2.75, 3.05) is 18.0 Å². The number of rotatable bonds is 7. The molecule has 6 nitrogen and oxygen atoms in total. The van der Waals surface area contributed by atoms with Crippen molar-refractivity contribution in [1.82, 2.24) is 14.9 Å². The first-order valence-corrected chi connectivity index (χ1v) is 10.4. The molecule has 0 bridgehead atoms. The SMILES string of the molecule is Cc1nc2ccccc2n1CCCNC(=O)C=Cc1ccc(N2CCCC2=O)cc1. The molecular formula is C24H26N4O2. The van der Waals surface area contributed by atoms with Crippen LogP contribution in [0.15, 0.2) is 54.6 Å². The van der Waals surface area contributed by atoms with Gasteiger partial charge in [0.2, 0.25) is 11.8 Å². The molecular weight excluding hydrogens is 376 g/mol. The highest BCUT2D eigenvalue weighted by Crippen LogP contribution is 2.22. The van der Waals surface area contributed by atoms with E-state index in [1.165, 1.54) is 0 Å². The summed E-state index contributed by atoms with van der Waals surface area (Å²) in [4.78, 5) is 30.3. The van der Waals surface area contributed by atoms with Crippen molar-refractivity contribution in [2.45, 2.75) is 32.7 Å². The molecule has 0 spiro atoms. The number of fused-ring (bicyclic) bond motifs is 1. The fourth-order valence-electron chi connectivity index (χ4n) is 3.84. The van der Waals surface area contributed by atoms with Crippen LogP contribution in [-0.4, -0.2) is 34.5 Å². The maximum absolute atomic E-state index is 12.1. The molecule has 1 aliphatic heterocycles. The number of aryl methyl sites for hydroxylation is 2. The number of carbonyl (C=O) groups is 2. The normalized spacial score (nSPS) is 14.2. The molecule has 0 aliphatic carbocycles. The van der Waals surface area contributed by atoms with Crippen LogP contribution in [0.4, 0.5) is 5.69 Å². The molecule has 2 amide bonds. The average Bonchev–Trinajstić information content (AvgIpc) is 3.32. The largest absolute Gasteiger partial charge is 0.352 e. The second-order valence-corrected chi connectivity index (χ2v) is 7.52. The molecule has 30 heavy (non-hydrogen) atoms. The lowest BCUT2D eigenvalue weighted by atomic mass is 10.2. The summed E-state index contributed by atoms with van der Waals surface area (Å²) in [6, 6.07) is 15.8. The highest BCUT2D eigenvalue weighted by atomic mass is 16.2. The Bertz CT molecular complexity index is 1080. The van der Waals surface area contributed by atoms with Crippen LogP contribution in [0.1, 0.15) is 30.7 Å². The number of hydrogen-bond acceptors (Lipinski definition) is 3. The molecule has 3 aromatic rings. The third-order valence-electron chi connectivity index (χ3n) is 5.41. The first-order chi connectivity index (χ1) is 14.6. The third kappa shape index (κ3) is 4.43. The second-order valence-electron chi connectivity index (χ2n) is 7.52. The summed E-state index contributed by atoms with van der Waals surface area (Å²) in [6.07, 6.45) is 5.71. The molecule has 0 saturated carbocycles. The standard InChI is InChI=1S/C24H26N4O2/c1-18-26-21-6-2-3-7-22(21)27(18)17-5-15-25-23(29)14-11-19-9-12-20(13-10-19)28-16-4-8-24(28)30/h2-3,6-7,9-14H,4-5,8,15-17H2,1H3,(H,25,29). The van der Waals surface area contributed by atoms with Crippen LogP contribution >= 0.6 is 0 Å². The smallest absolute Gasteiger partial charge is 0.244 e. The number of aromatic nitrogens is 2. The molecule has 1 aromatic heterocycles. The maximum Gasteiger partial charge on any atom is 0.244 e. The summed E-state index contributed by atoms with van der Waals surface area (Å²) < 4.78 is 2.18. The van der Waals surface area contributed by atoms with E-state index >= 15 is 0 Å². The van der Waals surface area contributed by atoms with Gasteiger partial charge in [0.1, 0.15) is 5.82 Å². The Kier molecular flexibility index (Phi) is 5.93. The Morgan fingerprint density at radius 2 is 1.97 bits per heavy atom. The van der Waals surface area contributed by atoms with Crippen LogP contribution < -0.4 is 10.2 Å². The van der Waals surface area contributed by atoms with Gasteiger partial charge in [-0.05, 0) is 55.7 Å². The lowest BCUT2D eigenvalue weighted by molar-refractivity contribution is -0.117. The molecule has 2 aromatic carbocycles. The predicted octanol–water partition coefficient (Wildman–Crippen LogP) is 3.69. The van der Waals surface area contributed by atoms with E-state index in [4.69, 9.17) is 0 Å². The Hall–Kier alpha value is -3.41. The highest BCUT2D eigenvalue weighted by Gasteiger charge is 2.21. The van der Waals surface area contributed by atoms with E-state index in [9.17, 15) is 9.59 Å². The molecule has 0 atom stereocenters. The van der Waals surface area contributed by atoms with Gasteiger partial charge < -0.3 is 14.8 Å². The summed E-state index contributed by atoms with van der Waals surface area (Å²) in [5.41, 5.74) is 3.98. The lowest BCUT2D eigenvalue weighted by Crippen LogP contribution is -2.23. The number of nitrogens with one attached hydrogen (secondary N) is 1. The first kappa shape index (κ1) is 19.9. The van der Waals surface area contributed by atoms with Crippen LogP contribution in [-0.2, 0) is 16.1 Å². The minimum atomic E-state index is -0.110. The van der Waals surface area contributed by atoms with Crippen LogP contribution in [0.25, 0.3) is 17.1 Å². The van der Waals surface area contributed by atoms with E-state index in [0.717, 1.165) is 54.0 Å². The number of hydrogen-bond donors (Lipinski definition) is 1. The first-order valence-electron chi connectivity index (χ1n) is 10.4. The average molecular weight is 402 g/mol. The van der Waals surface area contributed by atoms with Crippen molar-refractivity contribution in [3.63, 3.8) is 0 Å². The number of anilines is 1. The molecule has 1 fully saturated rings. The number of benzene rings is 2. The minimum Gasteiger partial charge on any atom is -0.352 e. The highest BCUT2D eigenvalue weighted by molar-refractivity contribution is 5.95. The Morgan fingerprint density at radius 1 is 1.17 bits per heavy atom. The predicted molar refractivity (Wildman–Crippen MR) is 119 cm³/mol. The molecule has 2 heterocycles. The number of para-hydroxylation sites is 2. The van der Waals surface area contributed by atoms with Gasteiger partial charge in [0, 0.05) is 37.8 Å². The molecule has 0 radical (unpaired) electrons. The van der Waals surface area contributed by atoms with E-state index in [0.29, 0.717) is 13.0 Å². The quantitative estimate of drug-likeness (QED) is 0.484. The Morgan fingerprint density at radius 3 is 2.73 bits per heavy atom. The van der Waals surface area contributed by atoms with Gasteiger partial charge in [0.05, 0.1) is 11.0 Å². The molecule has 6 heteroatoms. The van der Waals surface area contributed by atoms with E-state index < -0.39 is 0 Å². The zero-order valence-corrected chi connectivity index (χ0v) is 17.2. The molecule has 1 N–H and O–H groups in total. The van der Waals surface area contributed by atoms with Gasteiger partial charge in [-0.3, -0.25) is 9.59 Å². The Labute approximate surface area is 176 Å². The van der Waals surface area contributed by atoms with Gasteiger partial charge in [-0.25, -0.2) is 4.98 Å². The van der Waals surface area contributed by atoms with Crippen LogP contribution in [0.3, 0.4) is 0 Å². The number of amides is 2. The molecule has 1 saturated heterocycles. The molecule has 0 unspecified atom stereocenters. The van der Waals surface area contributed by atoms with Gasteiger partial charge in [-0.15, -0.1) is 0 Å². The summed E-state index contributed by atoms with van der Waals surface area (Å²) in [5.74, 6) is 1.05. The van der Waals surface area contributed by atoms with E-state index in [-0.39, 0.29) is 11.8 Å². The zero-order chi connectivity index (χ0) is 20.9. The second kappa shape index (κ2) is 8.95. The number of imidazole rings is 1. The van der Waals surface area contributed by atoms with E-state index in [2.05, 4.69) is 20.9 Å². The van der Waals surface area contributed by atoms with Crippen molar-refractivity contribution in [1.29, 1.82) is 0 Å². The Balaban J connectivity index is 1.25. The van der Waals surface area contributed by atoms with Gasteiger partial charge in [-0.2, -0.15) is 0 Å². The summed E-state index contributed by atoms with van der Waals surface area (Å²) in [5, 5.41) is 2.93. The zero-order valence-electron chi connectivity index (χ0n) is 17.2. The van der Waals surface area contributed by atoms with Crippen molar-refractivity contribution in [2.24, 2.45) is 0 Å². The molecule has 154 valence electrons. The molecule has 4 rings (SSSR count). The van der Waals surface area contributed by atoms with Crippen LogP contribution in [0, 0.1) is 6.92 Å². The van der Waals surface area contributed by atoms with E-state index in [1.807, 2.05) is 54.3 Å². The van der Waals surface area contributed by atoms with Crippen molar-refractivity contribution < 1.29 is 9.59 Å². The van der Waals surface area contributed by atoms with Gasteiger partial charge >= 0.3 is 0 Å². The lowest BCUT2D eigenvalue weighted by Gasteiger charge is -2.15. The summed E-state index contributed by atoms with van der Waals surface area (Å²) in [7, 11) is 0.